The zero-order chi connectivity index (χ0) is 16.6. The summed E-state index contributed by atoms with van der Waals surface area (Å²) in [4.78, 5) is 16.3. The standard InChI is InChI=1S/C16H17FN2O4/c17-11-6-18-13(10-4-2-1-3-9(10)11)16(23)19-12-5-8(7-20)14(21)15(12)22/h1-4,6,8,12,14-15,20-22H,5,7H2,(H,19,23)/t8-,12-,14-,15+/m0/s1. The van der Waals surface area contributed by atoms with Crippen LogP contribution in [0.1, 0.15) is 16.9 Å². The number of benzene rings is 1. The molecule has 7 heteroatoms. The minimum Gasteiger partial charge on any atom is -0.396 e. The van der Waals surface area contributed by atoms with Gasteiger partial charge in [0.05, 0.1) is 18.3 Å². The van der Waals surface area contributed by atoms with Crippen molar-refractivity contribution >= 4 is 16.7 Å². The third kappa shape index (κ3) is 2.78. The second-order valence-corrected chi connectivity index (χ2v) is 5.74. The summed E-state index contributed by atoms with van der Waals surface area (Å²) in [6.07, 6.45) is -1.02. The number of hydrogen-bond acceptors (Lipinski definition) is 5. The Bertz CT molecular complexity index is 739. The maximum atomic E-state index is 13.7. The topological polar surface area (TPSA) is 103 Å². The van der Waals surface area contributed by atoms with E-state index in [4.69, 9.17) is 5.11 Å². The van der Waals surface area contributed by atoms with Gasteiger partial charge in [-0.3, -0.25) is 4.79 Å². The maximum absolute atomic E-state index is 13.7. The first-order valence-electron chi connectivity index (χ1n) is 7.34. The molecule has 1 fully saturated rings. The molecule has 4 N–H and O–H groups in total. The first kappa shape index (κ1) is 15.8. The van der Waals surface area contributed by atoms with Gasteiger partial charge in [0.1, 0.15) is 17.6 Å². The molecule has 1 aromatic carbocycles. The number of carbonyl (C=O) groups excluding carboxylic acids is 1. The van der Waals surface area contributed by atoms with Crippen molar-refractivity contribution in [2.24, 2.45) is 5.92 Å². The molecule has 4 atom stereocenters. The van der Waals surface area contributed by atoms with Crippen LogP contribution >= 0.6 is 0 Å². The van der Waals surface area contributed by atoms with Crippen molar-refractivity contribution < 1.29 is 24.5 Å². The van der Waals surface area contributed by atoms with E-state index in [-0.39, 0.29) is 24.1 Å². The van der Waals surface area contributed by atoms with Gasteiger partial charge in [-0.15, -0.1) is 0 Å². The van der Waals surface area contributed by atoms with Gasteiger partial charge in [0, 0.05) is 23.3 Å². The van der Waals surface area contributed by atoms with E-state index in [1.54, 1.807) is 24.3 Å². The van der Waals surface area contributed by atoms with Gasteiger partial charge in [-0.2, -0.15) is 0 Å². The molecular formula is C16H17FN2O4. The molecule has 1 heterocycles. The zero-order valence-electron chi connectivity index (χ0n) is 12.2. The minimum absolute atomic E-state index is 0.0520. The van der Waals surface area contributed by atoms with Crippen LogP contribution in [0.3, 0.4) is 0 Å². The predicted octanol–water partition coefficient (Wildman–Crippen LogP) is 0.206. The monoisotopic (exact) mass is 320 g/mol. The Morgan fingerprint density at radius 3 is 2.61 bits per heavy atom. The Kier molecular flexibility index (Phi) is 4.25. The van der Waals surface area contributed by atoms with E-state index in [1.807, 2.05) is 0 Å². The number of halogens is 1. The van der Waals surface area contributed by atoms with Gasteiger partial charge < -0.3 is 20.6 Å². The van der Waals surface area contributed by atoms with E-state index in [2.05, 4.69) is 10.3 Å². The zero-order valence-corrected chi connectivity index (χ0v) is 12.2. The van der Waals surface area contributed by atoms with Gasteiger partial charge >= 0.3 is 0 Å². The molecule has 0 radical (unpaired) electrons. The van der Waals surface area contributed by atoms with Gasteiger partial charge in [0.2, 0.25) is 0 Å². The number of nitrogens with one attached hydrogen (secondary N) is 1. The Labute approximate surface area is 131 Å². The molecule has 1 aromatic heterocycles. The fourth-order valence-corrected chi connectivity index (χ4v) is 3.02. The van der Waals surface area contributed by atoms with Crippen LogP contribution in [-0.2, 0) is 0 Å². The summed E-state index contributed by atoms with van der Waals surface area (Å²) in [5.41, 5.74) is 0.0520. The first-order chi connectivity index (χ1) is 11.0. The molecule has 0 saturated heterocycles. The third-order valence-electron chi connectivity index (χ3n) is 4.31. The summed E-state index contributed by atoms with van der Waals surface area (Å²) < 4.78 is 13.7. The van der Waals surface area contributed by atoms with Crippen molar-refractivity contribution in [3.05, 3.63) is 42.0 Å². The number of aliphatic hydroxyl groups excluding tert-OH is 3. The largest absolute Gasteiger partial charge is 0.396 e. The van der Waals surface area contributed by atoms with E-state index in [1.165, 1.54) is 0 Å². The normalized spacial score (nSPS) is 27.3. The Balaban J connectivity index is 1.86. The molecule has 6 nitrogen and oxygen atoms in total. The van der Waals surface area contributed by atoms with Gasteiger partial charge in [0.15, 0.2) is 0 Å². The number of aromatic nitrogens is 1. The average molecular weight is 320 g/mol. The highest BCUT2D eigenvalue weighted by molar-refractivity contribution is 6.05. The van der Waals surface area contributed by atoms with Crippen molar-refractivity contribution in [1.82, 2.24) is 10.3 Å². The molecule has 1 saturated carbocycles. The van der Waals surface area contributed by atoms with Gasteiger partial charge in [-0.25, -0.2) is 9.37 Å². The molecule has 23 heavy (non-hydrogen) atoms. The van der Waals surface area contributed by atoms with E-state index < -0.39 is 35.9 Å². The molecule has 3 rings (SSSR count). The Morgan fingerprint density at radius 1 is 1.26 bits per heavy atom. The molecule has 0 aliphatic heterocycles. The van der Waals surface area contributed by atoms with Crippen LogP contribution in [0.2, 0.25) is 0 Å². The minimum atomic E-state index is -1.16. The summed E-state index contributed by atoms with van der Waals surface area (Å²) in [6.45, 7) is -0.275. The Hall–Kier alpha value is -2.09. The van der Waals surface area contributed by atoms with Crippen LogP contribution in [0.15, 0.2) is 30.5 Å². The summed E-state index contributed by atoms with van der Waals surface area (Å²) in [5.74, 6) is -1.57. The van der Waals surface area contributed by atoms with Crippen LogP contribution in [0.25, 0.3) is 10.8 Å². The fourth-order valence-electron chi connectivity index (χ4n) is 3.02. The number of aliphatic hydroxyl groups is 3. The Morgan fingerprint density at radius 2 is 1.96 bits per heavy atom. The van der Waals surface area contributed by atoms with Crippen molar-refractivity contribution in [2.75, 3.05) is 6.61 Å². The second kappa shape index (κ2) is 6.19. The van der Waals surface area contributed by atoms with Crippen molar-refractivity contribution in [3.63, 3.8) is 0 Å². The van der Waals surface area contributed by atoms with Crippen LogP contribution in [0.5, 0.6) is 0 Å². The maximum Gasteiger partial charge on any atom is 0.270 e. The van der Waals surface area contributed by atoms with Crippen molar-refractivity contribution in [3.8, 4) is 0 Å². The van der Waals surface area contributed by atoms with Gasteiger partial charge in [0.25, 0.3) is 5.91 Å². The van der Waals surface area contributed by atoms with Crippen molar-refractivity contribution in [2.45, 2.75) is 24.7 Å². The lowest BCUT2D eigenvalue weighted by molar-refractivity contribution is 0.000124. The van der Waals surface area contributed by atoms with Crippen molar-refractivity contribution in [1.29, 1.82) is 0 Å². The van der Waals surface area contributed by atoms with Crippen LogP contribution < -0.4 is 5.32 Å². The number of amides is 1. The van der Waals surface area contributed by atoms with E-state index in [0.717, 1.165) is 6.20 Å². The SMILES string of the molecule is O=C(N[C@H]1C[C@@H](CO)[C@H](O)[C@@H]1O)c1ncc(F)c2ccccc12. The third-order valence-corrected chi connectivity index (χ3v) is 4.31. The highest BCUT2D eigenvalue weighted by atomic mass is 19.1. The highest BCUT2D eigenvalue weighted by Gasteiger charge is 2.41. The number of nitrogens with zero attached hydrogens (tertiary/aromatic N) is 1. The van der Waals surface area contributed by atoms with Crippen LogP contribution in [-0.4, -0.2) is 51.1 Å². The molecule has 1 amide bonds. The van der Waals surface area contributed by atoms with E-state index in [0.29, 0.717) is 5.39 Å². The summed E-state index contributed by atoms with van der Waals surface area (Å²) in [7, 11) is 0. The average Bonchev–Trinajstić information content (AvgIpc) is 2.83. The lowest BCUT2D eigenvalue weighted by atomic mass is 10.1. The van der Waals surface area contributed by atoms with E-state index >= 15 is 0 Å². The molecule has 1 aliphatic carbocycles. The lowest BCUT2D eigenvalue weighted by Gasteiger charge is -2.18. The smallest absolute Gasteiger partial charge is 0.270 e. The van der Waals surface area contributed by atoms with Gasteiger partial charge in [-0.05, 0) is 6.42 Å². The number of rotatable bonds is 3. The summed E-state index contributed by atoms with van der Waals surface area (Å²) >= 11 is 0. The highest BCUT2D eigenvalue weighted by Crippen LogP contribution is 2.27. The molecular weight excluding hydrogens is 303 g/mol. The predicted molar refractivity (Wildman–Crippen MR) is 80.2 cm³/mol. The molecule has 0 unspecified atom stereocenters. The number of pyridine rings is 1. The summed E-state index contributed by atoms with van der Waals surface area (Å²) in [5, 5.41) is 32.2. The lowest BCUT2D eigenvalue weighted by Crippen LogP contribution is -2.43. The molecule has 122 valence electrons. The molecule has 0 spiro atoms. The molecule has 2 aromatic rings. The van der Waals surface area contributed by atoms with Gasteiger partial charge in [-0.1, -0.05) is 24.3 Å². The first-order valence-corrected chi connectivity index (χ1v) is 7.34. The van der Waals surface area contributed by atoms with E-state index in [9.17, 15) is 19.4 Å². The quantitative estimate of drug-likeness (QED) is 0.647. The fraction of sp³-hybridized carbons (Fsp3) is 0.375. The van der Waals surface area contributed by atoms with Crippen LogP contribution in [0.4, 0.5) is 4.39 Å². The molecule has 1 aliphatic rings. The number of fused-ring (bicyclic) bond motifs is 1. The summed E-state index contributed by atoms with van der Waals surface area (Å²) in [6, 6.07) is 5.79. The second-order valence-electron chi connectivity index (χ2n) is 5.74. The molecule has 0 bridgehead atoms. The number of carbonyl (C=O) groups is 1. The number of hydrogen-bond donors (Lipinski definition) is 4. The van der Waals surface area contributed by atoms with Crippen LogP contribution in [0, 0.1) is 11.7 Å².